The summed E-state index contributed by atoms with van der Waals surface area (Å²) in [6.45, 7) is 1.67. The van der Waals surface area contributed by atoms with Crippen molar-refractivity contribution < 1.29 is 13.2 Å². The van der Waals surface area contributed by atoms with Crippen LogP contribution in [0, 0.1) is 6.92 Å². The molecule has 0 aliphatic rings. The second kappa shape index (κ2) is 5.16. The number of nitrogens with two attached hydrogens (primary N) is 1. The van der Waals surface area contributed by atoms with Crippen LogP contribution in [-0.4, -0.2) is 9.97 Å². The number of rotatable bonds is 2. The molecule has 0 saturated heterocycles. The van der Waals surface area contributed by atoms with E-state index in [0.29, 0.717) is 5.56 Å². The Hall–Kier alpha value is -2.02. The SMILES string of the molecule is Cc1ccc(C(F)(F)F)cc1Nc1nc(Cl)ncc1N. The van der Waals surface area contributed by atoms with Gasteiger partial charge >= 0.3 is 6.18 Å². The van der Waals surface area contributed by atoms with Crippen LogP contribution in [0.4, 0.5) is 30.4 Å². The summed E-state index contributed by atoms with van der Waals surface area (Å²) >= 11 is 5.63. The maximum atomic E-state index is 12.7. The Labute approximate surface area is 117 Å². The van der Waals surface area contributed by atoms with Gasteiger partial charge in [0.15, 0.2) is 5.82 Å². The number of nitrogens with one attached hydrogen (secondary N) is 1. The summed E-state index contributed by atoms with van der Waals surface area (Å²) in [5.41, 5.74) is 5.94. The molecule has 0 saturated carbocycles. The van der Waals surface area contributed by atoms with E-state index in [9.17, 15) is 13.2 Å². The molecular weight excluding hydrogens is 293 g/mol. The molecule has 0 aliphatic heterocycles. The van der Waals surface area contributed by atoms with E-state index in [2.05, 4.69) is 15.3 Å². The van der Waals surface area contributed by atoms with Gasteiger partial charge in [-0.1, -0.05) is 6.07 Å². The molecule has 2 aromatic rings. The molecule has 8 heteroatoms. The minimum atomic E-state index is -4.42. The third-order valence-electron chi connectivity index (χ3n) is 2.61. The number of aryl methyl sites for hydroxylation is 1. The van der Waals surface area contributed by atoms with Crippen LogP contribution < -0.4 is 11.1 Å². The summed E-state index contributed by atoms with van der Waals surface area (Å²) in [7, 11) is 0. The first-order valence-corrected chi connectivity index (χ1v) is 5.88. The predicted octanol–water partition coefficient (Wildman–Crippen LogP) is 3.78. The molecule has 106 valence electrons. The molecule has 2 rings (SSSR count). The molecule has 1 heterocycles. The zero-order valence-electron chi connectivity index (χ0n) is 10.3. The van der Waals surface area contributed by atoms with Gasteiger partial charge in [-0.2, -0.15) is 18.2 Å². The predicted molar refractivity (Wildman–Crippen MR) is 70.9 cm³/mol. The van der Waals surface area contributed by atoms with Crippen LogP contribution in [-0.2, 0) is 6.18 Å². The quantitative estimate of drug-likeness (QED) is 0.829. The highest BCUT2D eigenvalue weighted by molar-refractivity contribution is 6.28. The van der Waals surface area contributed by atoms with Crippen molar-refractivity contribution in [3.63, 3.8) is 0 Å². The summed E-state index contributed by atoms with van der Waals surface area (Å²) < 4.78 is 38.0. The van der Waals surface area contributed by atoms with E-state index in [1.165, 1.54) is 12.3 Å². The lowest BCUT2D eigenvalue weighted by Gasteiger charge is -2.13. The number of hydrogen-bond acceptors (Lipinski definition) is 4. The Kier molecular flexibility index (Phi) is 3.71. The van der Waals surface area contributed by atoms with E-state index in [0.717, 1.165) is 12.1 Å². The van der Waals surface area contributed by atoms with Gasteiger partial charge in [-0.05, 0) is 36.2 Å². The third kappa shape index (κ3) is 3.11. The zero-order valence-corrected chi connectivity index (χ0v) is 11.0. The standard InChI is InChI=1S/C12H10ClF3N4/c1-6-2-3-7(12(14,15)16)4-9(6)19-10-8(17)5-18-11(13)20-10/h2-5H,17H2,1H3,(H,18,19,20). The topological polar surface area (TPSA) is 63.8 Å². The van der Waals surface area contributed by atoms with Gasteiger partial charge in [-0.15, -0.1) is 0 Å². The zero-order chi connectivity index (χ0) is 14.9. The highest BCUT2D eigenvalue weighted by Crippen LogP contribution is 2.33. The largest absolute Gasteiger partial charge is 0.416 e. The minimum Gasteiger partial charge on any atom is -0.394 e. The highest BCUT2D eigenvalue weighted by Gasteiger charge is 2.30. The molecule has 1 aromatic heterocycles. The maximum absolute atomic E-state index is 12.7. The first-order chi connectivity index (χ1) is 9.27. The van der Waals surface area contributed by atoms with E-state index in [1.54, 1.807) is 6.92 Å². The van der Waals surface area contributed by atoms with Gasteiger partial charge in [0.05, 0.1) is 17.4 Å². The fraction of sp³-hybridized carbons (Fsp3) is 0.167. The van der Waals surface area contributed by atoms with Crippen molar-refractivity contribution in [2.45, 2.75) is 13.1 Å². The molecule has 0 fully saturated rings. The van der Waals surface area contributed by atoms with Gasteiger partial charge in [0, 0.05) is 5.69 Å². The average molecular weight is 303 g/mol. The molecule has 0 bridgehead atoms. The molecule has 0 atom stereocenters. The van der Waals surface area contributed by atoms with Crippen molar-refractivity contribution in [1.82, 2.24) is 9.97 Å². The lowest BCUT2D eigenvalue weighted by atomic mass is 10.1. The lowest BCUT2D eigenvalue weighted by molar-refractivity contribution is -0.137. The van der Waals surface area contributed by atoms with E-state index in [4.69, 9.17) is 17.3 Å². The highest BCUT2D eigenvalue weighted by atomic mass is 35.5. The summed E-state index contributed by atoms with van der Waals surface area (Å²) in [5.74, 6) is 0.160. The average Bonchev–Trinajstić information content (AvgIpc) is 2.35. The number of hydrogen-bond donors (Lipinski definition) is 2. The molecule has 20 heavy (non-hydrogen) atoms. The van der Waals surface area contributed by atoms with Gasteiger partial charge in [0.25, 0.3) is 0 Å². The van der Waals surface area contributed by atoms with Crippen molar-refractivity contribution >= 4 is 28.8 Å². The van der Waals surface area contributed by atoms with Crippen molar-refractivity contribution in [3.8, 4) is 0 Å². The van der Waals surface area contributed by atoms with Crippen molar-refractivity contribution in [1.29, 1.82) is 0 Å². The van der Waals surface area contributed by atoms with Crippen LogP contribution in [0.3, 0.4) is 0 Å². The molecule has 0 radical (unpaired) electrons. The van der Waals surface area contributed by atoms with Crippen LogP contribution in [0.25, 0.3) is 0 Å². The number of nitrogens with zero attached hydrogens (tertiary/aromatic N) is 2. The Balaban J connectivity index is 2.40. The van der Waals surface area contributed by atoms with Gasteiger partial charge in [0.2, 0.25) is 5.28 Å². The molecule has 0 aliphatic carbocycles. The van der Waals surface area contributed by atoms with Crippen LogP contribution in [0.5, 0.6) is 0 Å². The molecule has 4 nitrogen and oxygen atoms in total. The minimum absolute atomic E-state index is 0.0497. The van der Waals surface area contributed by atoms with Gasteiger partial charge in [-0.25, -0.2) is 4.98 Å². The number of nitrogen functional groups attached to an aromatic ring is 1. The number of aromatic nitrogens is 2. The van der Waals surface area contributed by atoms with Gasteiger partial charge < -0.3 is 11.1 Å². The first-order valence-electron chi connectivity index (χ1n) is 5.50. The van der Waals surface area contributed by atoms with Gasteiger partial charge in [-0.3, -0.25) is 0 Å². The number of alkyl halides is 3. The van der Waals surface area contributed by atoms with Crippen molar-refractivity contribution in [2.75, 3.05) is 11.1 Å². The Morgan fingerprint density at radius 1 is 1.30 bits per heavy atom. The van der Waals surface area contributed by atoms with Crippen LogP contribution in [0.2, 0.25) is 5.28 Å². The molecule has 0 unspecified atom stereocenters. The summed E-state index contributed by atoms with van der Waals surface area (Å²) in [5, 5.41) is 2.68. The number of benzene rings is 1. The van der Waals surface area contributed by atoms with Crippen LogP contribution in [0.1, 0.15) is 11.1 Å². The van der Waals surface area contributed by atoms with E-state index in [-0.39, 0.29) is 22.5 Å². The molecular formula is C12H10ClF3N4. The van der Waals surface area contributed by atoms with Crippen molar-refractivity contribution in [2.24, 2.45) is 0 Å². The molecule has 1 aromatic carbocycles. The van der Waals surface area contributed by atoms with Crippen LogP contribution >= 0.6 is 11.6 Å². The van der Waals surface area contributed by atoms with Crippen molar-refractivity contribution in [3.05, 3.63) is 40.8 Å². The Bertz CT molecular complexity index is 643. The van der Waals surface area contributed by atoms with E-state index >= 15 is 0 Å². The number of halogens is 4. The summed E-state index contributed by atoms with van der Waals surface area (Å²) in [6, 6.07) is 3.37. The smallest absolute Gasteiger partial charge is 0.394 e. The normalized spacial score (nSPS) is 11.4. The molecule has 3 N–H and O–H groups in total. The Morgan fingerprint density at radius 3 is 2.65 bits per heavy atom. The fourth-order valence-corrected chi connectivity index (χ4v) is 1.66. The fourth-order valence-electron chi connectivity index (χ4n) is 1.53. The van der Waals surface area contributed by atoms with Gasteiger partial charge in [0.1, 0.15) is 0 Å². The van der Waals surface area contributed by atoms with E-state index < -0.39 is 11.7 Å². The maximum Gasteiger partial charge on any atom is 0.416 e. The second-order valence-corrected chi connectivity index (χ2v) is 4.43. The second-order valence-electron chi connectivity index (χ2n) is 4.10. The summed E-state index contributed by atoms with van der Waals surface area (Å²) in [4.78, 5) is 7.51. The third-order valence-corrected chi connectivity index (χ3v) is 2.79. The molecule has 0 spiro atoms. The lowest BCUT2D eigenvalue weighted by Crippen LogP contribution is -2.07. The summed E-state index contributed by atoms with van der Waals surface area (Å²) in [6.07, 6.45) is -3.14. The van der Waals surface area contributed by atoms with E-state index in [1.807, 2.05) is 0 Å². The number of anilines is 3. The van der Waals surface area contributed by atoms with Crippen LogP contribution in [0.15, 0.2) is 24.4 Å². The first kappa shape index (κ1) is 14.4. The molecule has 0 amide bonds. The monoisotopic (exact) mass is 302 g/mol. The Morgan fingerprint density at radius 2 is 2.00 bits per heavy atom.